The van der Waals surface area contributed by atoms with Crippen molar-refractivity contribution >= 4 is 38.6 Å². The largest absolute Gasteiger partial charge is 0.347 e. The van der Waals surface area contributed by atoms with Gasteiger partial charge in [0.1, 0.15) is 5.82 Å². The maximum atomic E-state index is 12.8. The van der Waals surface area contributed by atoms with Crippen molar-refractivity contribution in [3.8, 4) is 0 Å². The number of carbonyl (C=O) groups is 2. The third-order valence-electron chi connectivity index (χ3n) is 5.37. The summed E-state index contributed by atoms with van der Waals surface area (Å²) in [7, 11) is -1.75. The zero-order valence-electron chi connectivity index (χ0n) is 19.0. The molecule has 0 radical (unpaired) electrons. The number of nitrogens with zero attached hydrogens (tertiary/aromatic N) is 3. The molecular formula is C23H29N5O4S. The number of sulfonamides is 1. The molecule has 0 bridgehead atoms. The third kappa shape index (κ3) is 5.77. The van der Waals surface area contributed by atoms with Crippen LogP contribution in [0.3, 0.4) is 0 Å². The Balaban J connectivity index is 1.61. The minimum atomic E-state index is -3.58. The second-order valence-electron chi connectivity index (χ2n) is 7.52. The highest BCUT2D eigenvalue weighted by atomic mass is 32.2. The van der Waals surface area contributed by atoms with E-state index < -0.39 is 10.0 Å². The lowest BCUT2D eigenvalue weighted by molar-refractivity contribution is -0.124. The molecule has 1 aromatic heterocycles. The van der Waals surface area contributed by atoms with Crippen LogP contribution in [0.5, 0.6) is 0 Å². The van der Waals surface area contributed by atoms with Gasteiger partial charge in [-0.1, -0.05) is 32.0 Å². The second kappa shape index (κ2) is 10.6. The smallest absolute Gasteiger partial charge is 0.243 e. The molecule has 176 valence electrons. The monoisotopic (exact) mass is 471 g/mol. The van der Waals surface area contributed by atoms with Crippen molar-refractivity contribution in [2.75, 3.05) is 25.0 Å². The molecule has 0 atom stereocenters. The Bertz CT molecular complexity index is 1230. The molecule has 3 aromatic rings. The Kier molecular flexibility index (Phi) is 7.83. The number of rotatable bonds is 10. The fourth-order valence-electron chi connectivity index (χ4n) is 3.55. The van der Waals surface area contributed by atoms with E-state index in [1.54, 1.807) is 44.2 Å². The Morgan fingerprint density at radius 2 is 1.73 bits per heavy atom. The molecule has 2 amide bonds. The highest BCUT2D eigenvalue weighted by molar-refractivity contribution is 7.89. The molecule has 0 aliphatic rings. The number of anilines is 1. The minimum absolute atomic E-state index is 0.122. The van der Waals surface area contributed by atoms with Gasteiger partial charge >= 0.3 is 0 Å². The number of benzene rings is 2. The zero-order valence-corrected chi connectivity index (χ0v) is 19.9. The molecule has 0 fully saturated rings. The van der Waals surface area contributed by atoms with Crippen LogP contribution in [0.25, 0.3) is 11.0 Å². The van der Waals surface area contributed by atoms with E-state index >= 15 is 0 Å². The molecule has 10 heteroatoms. The van der Waals surface area contributed by atoms with Crippen LogP contribution >= 0.6 is 0 Å². The molecular weight excluding hydrogens is 442 g/mol. The van der Waals surface area contributed by atoms with Gasteiger partial charge in [0.2, 0.25) is 21.8 Å². The lowest BCUT2D eigenvalue weighted by Gasteiger charge is -2.18. The maximum absolute atomic E-state index is 12.8. The molecule has 0 aliphatic carbocycles. The van der Waals surface area contributed by atoms with Crippen LogP contribution in [-0.4, -0.2) is 53.7 Å². The molecule has 1 heterocycles. The van der Waals surface area contributed by atoms with Gasteiger partial charge < -0.3 is 15.2 Å². The van der Waals surface area contributed by atoms with E-state index in [9.17, 15) is 18.0 Å². The van der Waals surface area contributed by atoms with Gasteiger partial charge in [-0.05, 0) is 30.3 Å². The quantitative estimate of drug-likeness (QED) is 0.471. The fourth-order valence-corrected chi connectivity index (χ4v) is 5.02. The summed E-state index contributed by atoms with van der Waals surface area (Å²) in [4.78, 5) is 28.9. The number of hydrogen-bond donors (Lipinski definition) is 2. The topological polar surface area (TPSA) is 113 Å². The van der Waals surface area contributed by atoms with Gasteiger partial charge in [-0.2, -0.15) is 4.31 Å². The summed E-state index contributed by atoms with van der Waals surface area (Å²) in [5.41, 5.74) is 2.01. The lowest BCUT2D eigenvalue weighted by Crippen LogP contribution is -2.33. The van der Waals surface area contributed by atoms with Crippen LogP contribution < -0.4 is 10.6 Å². The van der Waals surface area contributed by atoms with Crippen LogP contribution in [0, 0.1) is 0 Å². The van der Waals surface area contributed by atoms with Gasteiger partial charge in [-0.25, -0.2) is 13.4 Å². The number of nitrogens with one attached hydrogen (secondary N) is 2. The third-order valence-corrected chi connectivity index (χ3v) is 7.41. The molecule has 0 saturated carbocycles. The number of carbonyl (C=O) groups excluding carboxylic acids is 2. The van der Waals surface area contributed by atoms with Crippen molar-refractivity contribution in [1.82, 2.24) is 19.2 Å². The average molecular weight is 472 g/mol. The number of aryl methyl sites for hydroxylation is 2. The fraction of sp³-hybridized carbons (Fsp3) is 0.348. The molecule has 9 nitrogen and oxygen atoms in total. The van der Waals surface area contributed by atoms with Crippen LogP contribution in [0.2, 0.25) is 0 Å². The van der Waals surface area contributed by atoms with E-state index in [1.165, 1.54) is 4.31 Å². The number of para-hydroxylation sites is 1. The molecule has 0 saturated heterocycles. The summed E-state index contributed by atoms with van der Waals surface area (Å²) in [5, 5.41) is 5.32. The van der Waals surface area contributed by atoms with Gasteiger partial charge in [0.25, 0.3) is 0 Å². The molecule has 0 aliphatic heterocycles. The zero-order chi connectivity index (χ0) is 24.0. The number of hydrogen-bond acceptors (Lipinski definition) is 5. The van der Waals surface area contributed by atoms with Gasteiger partial charge in [0, 0.05) is 38.7 Å². The summed E-state index contributed by atoms with van der Waals surface area (Å²) >= 11 is 0. The summed E-state index contributed by atoms with van der Waals surface area (Å²) in [6.45, 7) is 4.26. The Morgan fingerprint density at radius 1 is 1.03 bits per heavy atom. The normalized spacial score (nSPS) is 11.6. The van der Waals surface area contributed by atoms with E-state index in [4.69, 9.17) is 0 Å². The minimum Gasteiger partial charge on any atom is -0.347 e. The predicted octanol–water partition coefficient (Wildman–Crippen LogP) is 2.29. The van der Waals surface area contributed by atoms with Crippen molar-refractivity contribution in [3.63, 3.8) is 0 Å². The van der Waals surface area contributed by atoms with Crippen molar-refractivity contribution in [1.29, 1.82) is 0 Å². The summed E-state index contributed by atoms with van der Waals surface area (Å²) in [6, 6.07) is 13.9. The molecule has 0 spiro atoms. The van der Waals surface area contributed by atoms with Crippen molar-refractivity contribution < 1.29 is 18.0 Å². The first-order valence-corrected chi connectivity index (χ1v) is 12.3. The lowest BCUT2D eigenvalue weighted by atomic mass is 10.3. The first kappa shape index (κ1) is 24.4. The van der Waals surface area contributed by atoms with Gasteiger partial charge in [-0.15, -0.1) is 0 Å². The highest BCUT2D eigenvalue weighted by Crippen LogP contribution is 2.22. The van der Waals surface area contributed by atoms with Crippen molar-refractivity contribution in [2.24, 2.45) is 7.05 Å². The Morgan fingerprint density at radius 3 is 2.39 bits per heavy atom. The Hall–Kier alpha value is -3.24. The van der Waals surface area contributed by atoms with Crippen LogP contribution in [0.15, 0.2) is 53.4 Å². The van der Waals surface area contributed by atoms with Crippen LogP contribution in [-0.2, 0) is 33.1 Å². The first-order valence-electron chi connectivity index (χ1n) is 10.8. The van der Waals surface area contributed by atoms with E-state index in [0.29, 0.717) is 36.5 Å². The van der Waals surface area contributed by atoms with Gasteiger partial charge in [-0.3, -0.25) is 9.59 Å². The first-order chi connectivity index (χ1) is 15.8. The molecule has 2 N–H and O–H groups in total. The van der Waals surface area contributed by atoms with Crippen LogP contribution in [0.1, 0.15) is 26.1 Å². The second-order valence-corrected chi connectivity index (χ2v) is 9.46. The maximum Gasteiger partial charge on any atom is 0.243 e. The molecule has 2 aromatic carbocycles. The summed E-state index contributed by atoms with van der Waals surface area (Å²) in [5.74, 6) is 0.0839. The van der Waals surface area contributed by atoms with Gasteiger partial charge in [0.05, 0.1) is 22.5 Å². The molecule has 33 heavy (non-hydrogen) atoms. The number of amides is 2. The van der Waals surface area contributed by atoms with E-state index in [1.807, 2.05) is 29.8 Å². The standard InChI is InChI=1S/C23H29N5O4S/c1-4-28(5-2)33(31,32)18-11-12-20-19(15-18)26-21(27(20)3)13-14-22(29)24-16-23(30)25-17-9-7-6-8-10-17/h6-12,15H,4-5,13-14,16H2,1-3H3,(H,24,29)(H,25,30). The average Bonchev–Trinajstić information content (AvgIpc) is 3.12. The SMILES string of the molecule is CCN(CC)S(=O)(=O)c1ccc2c(c1)nc(CCC(=O)NCC(=O)Nc1ccccc1)n2C. The number of imidazole rings is 1. The van der Waals surface area contributed by atoms with Crippen molar-refractivity contribution in [2.45, 2.75) is 31.6 Å². The van der Waals surface area contributed by atoms with Gasteiger partial charge in [0.15, 0.2) is 0 Å². The van der Waals surface area contributed by atoms with E-state index in [-0.39, 0.29) is 29.7 Å². The summed E-state index contributed by atoms with van der Waals surface area (Å²) < 4.78 is 28.8. The van der Waals surface area contributed by atoms with Crippen LogP contribution in [0.4, 0.5) is 5.69 Å². The van der Waals surface area contributed by atoms with Crippen molar-refractivity contribution in [3.05, 3.63) is 54.4 Å². The highest BCUT2D eigenvalue weighted by Gasteiger charge is 2.22. The number of aromatic nitrogens is 2. The Labute approximate surface area is 193 Å². The van der Waals surface area contributed by atoms with E-state index in [2.05, 4.69) is 15.6 Å². The number of fused-ring (bicyclic) bond motifs is 1. The predicted molar refractivity (Wildman–Crippen MR) is 127 cm³/mol. The van der Waals surface area contributed by atoms with E-state index in [0.717, 1.165) is 5.52 Å². The molecule has 0 unspecified atom stereocenters. The summed E-state index contributed by atoms with van der Waals surface area (Å²) in [6.07, 6.45) is 0.510. The molecule has 3 rings (SSSR count).